The van der Waals surface area contributed by atoms with Crippen molar-refractivity contribution < 1.29 is 8.42 Å². The van der Waals surface area contributed by atoms with Crippen LogP contribution in [0, 0.1) is 0 Å². The van der Waals surface area contributed by atoms with Crippen molar-refractivity contribution in [1.82, 2.24) is 4.31 Å². The molecule has 2 rings (SSSR count). The molecular weight excluding hydrogens is 272 g/mol. The number of sulfonamides is 1. The van der Waals surface area contributed by atoms with Crippen molar-refractivity contribution in [3.05, 3.63) is 29.3 Å². The third-order valence-corrected chi connectivity index (χ3v) is 6.70. The maximum absolute atomic E-state index is 12.8. The Morgan fingerprint density at radius 2 is 1.95 bits per heavy atom. The first-order valence-electron chi connectivity index (χ1n) is 7.16. The molecule has 0 bridgehead atoms. The van der Waals surface area contributed by atoms with Crippen LogP contribution in [0.1, 0.15) is 37.8 Å². The van der Waals surface area contributed by atoms with Crippen molar-refractivity contribution in [2.45, 2.75) is 50.0 Å². The molecule has 1 aromatic carbocycles. The Kier molecular flexibility index (Phi) is 4.23. The molecule has 5 heteroatoms. The Morgan fingerprint density at radius 1 is 1.30 bits per heavy atom. The van der Waals surface area contributed by atoms with Gasteiger partial charge >= 0.3 is 0 Å². The Balaban J connectivity index is 2.40. The van der Waals surface area contributed by atoms with Gasteiger partial charge in [0.05, 0.1) is 4.90 Å². The van der Waals surface area contributed by atoms with Crippen LogP contribution in [-0.4, -0.2) is 31.9 Å². The molecule has 0 saturated heterocycles. The predicted molar refractivity (Wildman–Crippen MR) is 81.2 cm³/mol. The van der Waals surface area contributed by atoms with Gasteiger partial charge in [0.2, 0.25) is 10.0 Å². The van der Waals surface area contributed by atoms with Crippen molar-refractivity contribution in [3.63, 3.8) is 0 Å². The summed E-state index contributed by atoms with van der Waals surface area (Å²) in [5.41, 5.74) is 7.69. The number of nitrogens with zero attached hydrogens (tertiary/aromatic N) is 1. The summed E-state index contributed by atoms with van der Waals surface area (Å²) >= 11 is 0. The maximum atomic E-state index is 12.8. The molecule has 0 spiro atoms. The monoisotopic (exact) mass is 296 g/mol. The summed E-state index contributed by atoms with van der Waals surface area (Å²) in [5.74, 6) is 0. The van der Waals surface area contributed by atoms with E-state index in [0.717, 1.165) is 19.3 Å². The number of hydrogen-bond acceptors (Lipinski definition) is 3. The molecule has 0 saturated carbocycles. The Morgan fingerprint density at radius 3 is 2.55 bits per heavy atom. The standard InChI is InChI=1S/C15H24N2O2S/c1-4-15(2,11-16)17(3)20(18,19)14-9-8-12-6-5-7-13(12)10-14/h8-10H,4-7,11,16H2,1-3H3. The molecule has 1 aliphatic carbocycles. The number of fused-ring (bicyclic) bond motifs is 1. The molecule has 0 heterocycles. The van der Waals surface area contributed by atoms with E-state index in [1.165, 1.54) is 15.4 Å². The van der Waals surface area contributed by atoms with Crippen molar-refractivity contribution in [3.8, 4) is 0 Å². The molecule has 112 valence electrons. The van der Waals surface area contributed by atoms with Crippen LogP contribution in [0.25, 0.3) is 0 Å². The lowest BCUT2D eigenvalue weighted by molar-refractivity contribution is 0.240. The summed E-state index contributed by atoms with van der Waals surface area (Å²) in [6.07, 6.45) is 3.83. The normalized spacial score (nSPS) is 18.1. The summed E-state index contributed by atoms with van der Waals surface area (Å²) in [5, 5.41) is 0. The van der Waals surface area contributed by atoms with Crippen LogP contribution in [0.15, 0.2) is 23.1 Å². The average molecular weight is 296 g/mol. The predicted octanol–water partition coefficient (Wildman–Crippen LogP) is 1.92. The van der Waals surface area contributed by atoms with Crippen LogP contribution < -0.4 is 5.73 Å². The van der Waals surface area contributed by atoms with Crippen LogP contribution in [0.4, 0.5) is 0 Å². The quantitative estimate of drug-likeness (QED) is 0.903. The van der Waals surface area contributed by atoms with Crippen LogP contribution in [0.5, 0.6) is 0 Å². The second-order valence-electron chi connectivity index (χ2n) is 5.81. The molecule has 0 radical (unpaired) electrons. The number of aryl methyl sites for hydroxylation is 2. The fourth-order valence-corrected chi connectivity index (χ4v) is 4.28. The molecule has 1 aliphatic rings. The van der Waals surface area contributed by atoms with Crippen LogP contribution in [-0.2, 0) is 22.9 Å². The summed E-state index contributed by atoms with van der Waals surface area (Å²) < 4.78 is 27.0. The highest BCUT2D eigenvalue weighted by Crippen LogP contribution is 2.29. The van der Waals surface area contributed by atoms with E-state index in [1.807, 2.05) is 26.0 Å². The molecule has 0 aromatic heterocycles. The number of benzene rings is 1. The van der Waals surface area contributed by atoms with Crippen LogP contribution in [0.2, 0.25) is 0 Å². The highest BCUT2D eigenvalue weighted by Gasteiger charge is 2.35. The molecule has 1 atom stereocenters. The van der Waals surface area contributed by atoms with Crippen molar-refractivity contribution in [2.24, 2.45) is 5.73 Å². The summed E-state index contributed by atoms with van der Waals surface area (Å²) in [4.78, 5) is 0.383. The minimum Gasteiger partial charge on any atom is -0.329 e. The fraction of sp³-hybridized carbons (Fsp3) is 0.600. The first-order valence-corrected chi connectivity index (χ1v) is 8.60. The third kappa shape index (κ3) is 2.50. The first kappa shape index (κ1) is 15.5. The lowest BCUT2D eigenvalue weighted by Crippen LogP contribution is -2.51. The minimum atomic E-state index is -3.49. The van der Waals surface area contributed by atoms with Gasteiger partial charge in [0.25, 0.3) is 0 Å². The zero-order valence-electron chi connectivity index (χ0n) is 12.5. The van der Waals surface area contributed by atoms with Gasteiger partial charge in [0.15, 0.2) is 0 Å². The van der Waals surface area contributed by atoms with Crippen molar-refractivity contribution >= 4 is 10.0 Å². The van der Waals surface area contributed by atoms with Gasteiger partial charge in [-0.1, -0.05) is 13.0 Å². The Bertz CT molecular complexity index is 592. The zero-order chi connectivity index (χ0) is 15.0. The van der Waals surface area contributed by atoms with E-state index in [4.69, 9.17) is 5.73 Å². The van der Waals surface area contributed by atoms with Crippen molar-refractivity contribution in [1.29, 1.82) is 0 Å². The first-order chi connectivity index (χ1) is 9.35. The molecule has 0 amide bonds. The van der Waals surface area contributed by atoms with Gasteiger partial charge in [-0.15, -0.1) is 0 Å². The van der Waals surface area contributed by atoms with Gasteiger partial charge in [-0.25, -0.2) is 8.42 Å². The fourth-order valence-electron chi connectivity index (χ4n) is 2.65. The lowest BCUT2D eigenvalue weighted by atomic mass is 10.00. The molecular formula is C15H24N2O2S. The highest BCUT2D eigenvalue weighted by atomic mass is 32.2. The molecule has 1 unspecified atom stereocenters. The van der Waals surface area contributed by atoms with Crippen molar-refractivity contribution in [2.75, 3.05) is 13.6 Å². The molecule has 1 aromatic rings. The van der Waals surface area contributed by atoms with E-state index < -0.39 is 15.6 Å². The van der Waals surface area contributed by atoms with Gasteiger partial charge in [0.1, 0.15) is 0 Å². The van der Waals surface area contributed by atoms with E-state index in [0.29, 0.717) is 17.9 Å². The second kappa shape index (κ2) is 5.47. The molecule has 2 N–H and O–H groups in total. The van der Waals surface area contributed by atoms with Gasteiger partial charge in [-0.3, -0.25) is 0 Å². The van der Waals surface area contributed by atoms with E-state index in [1.54, 1.807) is 13.1 Å². The Labute approximate surface area is 122 Å². The van der Waals surface area contributed by atoms with Gasteiger partial charge in [-0.05, 0) is 55.9 Å². The topological polar surface area (TPSA) is 63.4 Å². The maximum Gasteiger partial charge on any atom is 0.243 e. The summed E-state index contributed by atoms with van der Waals surface area (Å²) in [7, 11) is -1.87. The molecule has 0 fully saturated rings. The van der Waals surface area contributed by atoms with Gasteiger partial charge < -0.3 is 5.73 Å². The summed E-state index contributed by atoms with van der Waals surface area (Å²) in [6.45, 7) is 4.16. The number of hydrogen-bond donors (Lipinski definition) is 1. The third-order valence-electron chi connectivity index (χ3n) is 4.69. The Hall–Kier alpha value is -0.910. The van der Waals surface area contributed by atoms with E-state index in [-0.39, 0.29) is 0 Å². The highest BCUT2D eigenvalue weighted by molar-refractivity contribution is 7.89. The smallest absolute Gasteiger partial charge is 0.243 e. The lowest BCUT2D eigenvalue weighted by Gasteiger charge is -2.36. The largest absolute Gasteiger partial charge is 0.329 e. The van der Waals surface area contributed by atoms with Crippen LogP contribution >= 0.6 is 0 Å². The molecule has 20 heavy (non-hydrogen) atoms. The number of rotatable bonds is 5. The zero-order valence-corrected chi connectivity index (χ0v) is 13.3. The van der Waals surface area contributed by atoms with Gasteiger partial charge in [0, 0.05) is 19.1 Å². The number of likely N-dealkylation sites (N-methyl/N-ethyl adjacent to an activating group) is 1. The van der Waals surface area contributed by atoms with Crippen LogP contribution in [0.3, 0.4) is 0 Å². The average Bonchev–Trinajstić information content (AvgIpc) is 2.92. The SMILES string of the molecule is CCC(C)(CN)N(C)S(=O)(=O)c1ccc2c(c1)CCC2. The second-order valence-corrected chi connectivity index (χ2v) is 7.78. The molecule has 4 nitrogen and oxygen atoms in total. The minimum absolute atomic E-state index is 0.310. The summed E-state index contributed by atoms with van der Waals surface area (Å²) in [6, 6.07) is 5.51. The van der Waals surface area contributed by atoms with E-state index in [2.05, 4.69) is 0 Å². The van der Waals surface area contributed by atoms with Gasteiger partial charge in [-0.2, -0.15) is 4.31 Å². The van der Waals surface area contributed by atoms with E-state index >= 15 is 0 Å². The molecule has 0 aliphatic heterocycles. The van der Waals surface area contributed by atoms with E-state index in [9.17, 15) is 8.42 Å². The number of nitrogens with two attached hydrogens (primary N) is 1.